The van der Waals surface area contributed by atoms with Gasteiger partial charge in [-0.15, -0.1) is 0 Å². The van der Waals surface area contributed by atoms with Crippen LogP contribution in [0.25, 0.3) is 0 Å². The maximum atomic E-state index is 11.8. The second kappa shape index (κ2) is 7.04. The van der Waals surface area contributed by atoms with Crippen LogP contribution in [0.4, 0.5) is 16.2 Å². The quantitative estimate of drug-likeness (QED) is 0.644. The molecule has 0 spiro atoms. The van der Waals surface area contributed by atoms with Crippen molar-refractivity contribution >= 4 is 17.5 Å². The highest BCUT2D eigenvalue weighted by atomic mass is 16.6. The summed E-state index contributed by atoms with van der Waals surface area (Å²) >= 11 is 0. The van der Waals surface area contributed by atoms with Crippen LogP contribution >= 0.6 is 0 Å². The number of nitro benzene ring substituents is 1. The molecule has 2 N–H and O–H groups in total. The van der Waals surface area contributed by atoms with E-state index in [1.807, 2.05) is 4.90 Å². The van der Waals surface area contributed by atoms with Crippen LogP contribution in [0.1, 0.15) is 32.8 Å². The van der Waals surface area contributed by atoms with E-state index in [0.717, 1.165) is 0 Å². The molecule has 1 aromatic rings. The summed E-state index contributed by atoms with van der Waals surface area (Å²) < 4.78 is 5.23. The summed E-state index contributed by atoms with van der Waals surface area (Å²) in [7, 11) is 0. The number of carbonyl (C=O) groups excluding carboxylic acids is 1. The molecule has 1 fully saturated rings. The van der Waals surface area contributed by atoms with E-state index in [2.05, 4.69) is 5.32 Å². The van der Waals surface area contributed by atoms with Crippen molar-refractivity contribution in [3.63, 3.8) is 0 Å². The van der Waals surface area contributed by atoms with Gasteiger partial charge in [0.1, 0.15) is 11.3 Å². The summed E-state index contributed by atoms with van der Waals surface area (Å²) in [5, 5.41) is 23.3. The van der Waals surface area contributed by atoms with Gasteiger partial charge in [0, 0.05) is 19.2 Å². The Kier molecular flexibility index (Phi) is 5.28. The molecule has 1 heterocycles. The maximum Gasteiger partial charge on any atom is 0.407 e. The van der Waals surface area contributed by atoms with Crippen molar-refractivity contribution in [2.24, 2.45) is 0 Å². The summed E-state index contributed by atoms with van der Waals surface area (Å²) in [4.78, 5) is 24.5. The molecule has 24 heavy (non-hydrogen) atoms. The minimum Gasteiger partial charge on any atom is -0.444 e. The molecular formula is C16H23N3O5. The molecule has 1 aliphatic heterocycles. The number of aliphatic hydroxyl groups is 1. The van der Waals surface area contributed by atoms with Crippen LogP contribution in [0.2, 0.25) is 0 Å². The van der Waals surface area contributed by atoms with E-state index in [1.54, 1.807) is 26.8 Å². The Labute approximate surface area is 140 Å². The molecular weight excluding hydrogens is 314 g/mol. The number of nitrogens with one attached hydrogen (secondary N) is 1. The van der Waals surface area contributed by atoms with Crippen molar-refractivity contribution < 1.29 is 19.6 Å². The molecule has 1 saturated heterocycles. The first kappa shape index (κ1) is 18.0. The van der Waals surface area contributed by atoms with Gasteiger partial charge in [0.15, 0.2) is 0 Å². The van der Waals surface area contributed by atoms with Gasteiger partial charge in [-0.3, -0.25) is 10.1 Å². The number of hydrogen-bond donors (Lipinski definition) is 2. The first-order valence-corrected chi connectivity index (χ1v) is 7.82. The summed E-state index contributed by atoms with van der Waals surface area (Å²) in [5.74, 6) is 0. The van der Waals surface area contributed by atoms with Crippen LogP contribution in [0.3, 0.4) is 0 Å². The average molecular weight is 337 g/mol. The Morgan fingerprint density at radius 1 is 1.50 bits per heavy atom. The second-order valence-corrected chi connectivity index (χ2v) is 6.82. The molecule has 1 atom stereocenters. The molecule has 8 heteroatoms. The van der Waals surface area contributed by atoms with Crippen LogP contribution in [-0.2, 0) is 11.3 Å². The number of rotatable bonds is 4. The van der Waals surface area contributed by atoms with E-state index in [0.29, 0.717) is 30.8 Å². The topological polar surface area (TPSA) is 105 Å². The largest absolute Gasteiger partial charge is 0.444 e. The third kappa shape index (κ3) is 4.58. The molecule has 1 aromatic carbocycles. The number of amides is 1. The molecule has 1 aliphatic rings. The molecule has 132 valence electrons. The summed E-state index contributed by atoms with van der Waals surface area (Å²) in [6.07, 6.45) is 0.174. The van der Waals surface area contributed by atoms with E-state index >= 15 is 0 Å². The number of benzene rings is 1. The van der Waals surface area contributed by atoms with Gasteiger partial charge in [-0.05, 0) is 44.9 Å². The van der Waals surface area contributed by atoms with Gasteiger partial charge in [0.05, 0.1) is 17.6 Å². The normalized spacial score (nSPS) is 17.7. The first-order chi connectivity index (χ1) is 11.2. The SMILES string of the molecule is CC(C)(C)OC(=O)N[C@H]1CCN(c2cc(CO)ccc2[N+](=O)[O-])C1. The number of ether oxygens (including phenoxy) is 1. The summed E-state index contributed by atoms with van der Waals surface area (Å²) in [5.41, 5.74) is 0.487. The highest BCUT2D eigenvalue weighted by molar-refractivity contribution is 5.69. The molecule has 0 radical (unpaired) electrons. The van der Waals surface area contributed by atoms with Gasteiger partial charge < -0.3 is 20.1 Å². The van der Waals surface area contributed by atoms with Gasteiger partial charge in [0.25, 0.3) is 5.69 Å². The molecule has 0 aromatic heterocycles. The number of carbonyl (C=O) groups is 1. The molecule has 0 unspecified atom stereocenters. The molecule has 0 bridgehead atoms. The smallest absolute Gasteiger partial charge is 0.407 e. The molecule has 0 aliphatic carbocycles. The fourth-order valence-corrected chi connectivity index (χ4v) is 2.65. The zero-order valence-corrected chi connectivity index (χ0v) is 14.1. The number of hydrogen-bond acceptors (Lipinski definition) is 6. The van der Waals surface area contributed by atoms with E-state index < -0.39 is 16.6 Å². The minimum absolute atomic E-state index is 0.00915. The maximum absolute atomic E-state index is 11.8. The highest BCUT2D eigenvalue weighted by Crippen LogP contribution is 2.32. The van der Waals surface area contributed by atoms with E-state index in [-0.39, 0.29) is 18.3 Å². The van der Waals surface area contributed by atoms with E-state index in [4.69, 9.17) is 4.74 Å². The van der Waals surface area contributed by atoms with E-state index in [1.165, 1.54) is 12.1 Å². The Balaban J connectivity index is 2.08. The van der Waals surface area contributed by atoms with Gasteiger partial charge in [-0.2, -0.15) is 0 Å². The Hall–Kier alpha value is -2.35. The van der Waals surface area contributed by atoms with Crippen LogP contribution in [-0.4, -0.2) is 40.9 Å². The summed E-state index contributed by atoms with van der Waals surface area (Å²) in [6, 6.07) is 4.41. The van der Waals surface area contributed by atoms with Gasteiger partial charge in [-0.25, -0.2) is 4.79 Å². The predicted octanol–water partition coefficient (Wildman–Crippen LogP) is 2.19. The lowest BCUT2D eigenvalue weighted by Crippen LogP contribution is -2.40. The van der Waals surface area contributed by atoms with Crippen molar-refractivity contribution in [3.05, 3.63) is 33.9 Å². The van der Waals surface area contributed by atoms with Crippen molar-refractivity contribution in [1.82, 2.24) is 5.32 Å². The van der Waals surface area contributed by atoms with Gasteiger partial charge in [0.2, 0.25) is 0 Å². The molecule has 0 saturated carbocycles. The fraction of sp³-hybridized carbons (Fsp3) is 0.562. The standard InChI is InChI=1S/C16H23N3O5/c1-16(2,3)24-15(21)17-12-6-7-18(9-12)14-8-11(10-20)4-5-13(14)19(22)23/h4-5,8,12,20H,6-7,9-10H2,1-3H3,(H,17,21)/t12-/m0/s1. The number of nitro groups is 1. The molecule has 1 amide bonds. The molecule has 8 nitrogen and oxygen atoms in total. The Morgan fingerprint density at radius 2 is 2.21 bits per heavy atom. The van der Waals surface area contributed by atoms with E-state index in [9.17, 15) is 20.0 Å². The van der Waals surface area contributed by atoms with Gasteiger partial charge in [-0.1, -0.05) is 0 Å². The van der Waals surface area contributed by atoms with Crippen LogP contribution in [0.5, 0.6) is 0 Å². The fourth-order valence-electron chi connectivity index (χ4n) is 2.65. The zero-order valence-electron chi connectivity index (χ0n) is 14.1. The molecule has 2 rings (SSSR count). The zero-order chi connectivity index (χ0) is 17.9. The van der Waals surface area contributed by atoms with Crippen LogP contribution < -0.4 is 10.2 Å². The van der Waals surface area contributed by atoms with Crippen molar-refractivity contribution in [2.75, 3.05) is 18.0 Å². The lowest BCUT2D eigenvalue weighted by Gasteiger charge is -2.22. The third-order valence-corrected chi connectivity index (χ3v) is 3.67. The first-order valence-electron chi connectivity index (χ1n) is 7.82. The minimum atomic E-state index is -0.573. The number of aliphatic hydroxyl groups excluding tert-OH is 1. The highest BCUT2D eigenvalue weighted by Gasteiger charge is 2.29. The monoisotopic (exact) mass is 337 g/mol. The number of alkyl carbamates (subject to hydrolysis) is 1. The number of anilines is 1. The van der Waals surface area contributed by atoms with Gasteiger partial charge >= 0.3 is 6.09 Å². The summed E-state index contributed by atoms with van der Waals surface area (Å²) in [6.45, 7) is 6.22. The Bertz CT molecular complexity index is 627. The predicted molar refractivity (Wildman–Crippen MR) is 89.0 cm³/mol. The van der Waals surface area contributed by atoms with Crippen LogP contribution in [0, 0.1) is 10.1 Å². The lowest BCUT2D eigenvalue weighted by atomic mass is 10.1. The average Bonchev–Trinajstić information content (AvgIpc) is 2.92. The van der Waals surface area contributed by atoms with Crippen LogP contribution in [0.15, 0.2) is 18.2 Å². The van der Waals surface area contributed by atoms with Crippen molar-refractivity contribution in [2.45, 2.75) is 45.4 Å². The number of nitrogens with zero attached hydrogens (tertiary/aromatic N) is 2. The lowest BCUT2D eigenvalue weighted by molar-refractivity contribution is -0.384. The second-order valence-electron chi connectivity index (χ2n) is 6.82. The van der Waals surface area contributed by atoms with Crippen molar-refractivity contribution in [3.8, 4) is 0 Å². The van der Waals surface area contributed by atoms with Crippen molar-refractivity contribution in [1.29, 1.82) is 0 Å². The Morgan fingerprint density at radius 3 is 2.79 bits per heavy atom. The third-order valence-electron chi connectivity index (χ3n) is 3.67.